The maximum Gasteiger partial charge on any atom is 0.189 e. The number of benzene rings is 1. The normalized spacial score (nSPS) is 19.3. The number of halogens is 1. The standard InChI is InChI=1S/C20H17FN4O/c1-10-12(3-4-16-13(10)6-7-23-16)11-2-5-17-24-20(22)18(25(17)9-11)19(26)14-8-15(14)21/h2-7,9,14-15,23H,8,22H2,1H3/t14-,15+/m0/s1. The summed E-state index contributed by atoms with van der Waals surface area (Å²) in [5.41, 5.74) is 11.1. The molecule has 0 radical (unpaired) electrons. The van der Waals surface area contributed by atoms with Gasteiger partial charge >= 0.3 is 0 Å². The Hall–Kier alpha value is -3.15. The number of H-pyrrole nitrogens is 1. The predicted molar refractivity (Wildman–Crippen MR) is 99.0 cm³/mol. The minimum atomic E-state index is -1.06. The predicted octanol–water partition coefficient (Wildman–Crippen LogP) is 3.91. The van der Waals surface area contributed by atoms with Crippen LogP contribution >= 0.6 is 0 Å². The van der Waals surface area contributed by atoms with Gasteiger partial charge in [0.05, 0.1) is 5.92 Å². The summed E-state index contributed by atoms with van der Waals surface area (Å²) in [6.45, 7) is 2.07. The van der Waals surface area contributed by atoms with Crippen LogP contribution in [0.15, 0.2) is 42.7 Å². The van der Waals surface area contributed by atoms with E-state index in [1.54, 1.807) is 4.40 Å². The molecule has 1 saturated carbocycles. The second-order valence-corrected chi connectivity index (χ2v) is 6.89. The van der Waals surface area contributed by atoms with Gasteiger partial charge in [0, 0.05) is 23.3 Å². The number of Topliss-reactive ketones (excluding diaryl/α,β-unsaturated/α-hetero) is 1. The van der Waals surface area contributed by atoms with Crippen LogP contribution in [-0.2, 0) is 0 Å². The largest absolute Gasteiger partial charge is 0.382 e. The number of alkyl halides is 1. The van der Waals surface area contributed by atoms with E-state index in [0.29, 0.717) is 5.65 Å². The fourth-order valence-corrected chi connectivity index (χ4v) is 3.67. The highest BCUT2D eigenvalue weighted by atomic mass is 19.1. The number of ketones is 1. The van der Waals surface area contributed by atoms with Gasteiger partial charge in [-0.3, -0.25) is 9.20 Å². The summed E-state index contributed by atoms with van der Waals surface area (Å²) in [6.07, 6.45) is 2.99. The molecule has 26 heavy (non-hydrogen) atoms. The third-order valence-electron chi connectivity index (χ3n) is 5.24. The number of nitrogens with one attached hydrogen (secondary N) is 1. The fraction of sp³-hybridized carbons (Fsp3) is 0.200. The van der Waals surface area contributed by atoms with E-state index in [1.807, 2.05) is 36.7 Å². The molecule has 1 fully saturated rings. The molecule has 4 aromatic rings. The molecule has 1 aromatic carbocycles. The van der Waals surface area contributed by atoms with E-state index in [-0.39, 0.29) is 23.7 Å². The van der Waals surface area contributed by atoms with Crippen LogP contribution in [0.1, 0.15) is 22.5 Å². The third-order valence-corrected chi connectivity index (χ3v) is 5.24. The zero-order valence-electron chi connectivity index (χ0n) is 14.2. The summed E-state index contributed by atoms with van der Waals surface area (Å²) >= 11 is 0. The number of nitrogen functional groups attached to an aromatic ring is 1. The Morgan fingerprint density at radius 1 is 1.31 bits per heavy atom. The number of anilines is 1. The van der Waals surface area contributed by atoms with Gasteiger partial charge in [-0.05, 0) is 54.3 Å². The maximum atomic E-state index is 13.4. The Labute approximate surface area is 148 Å². The van der Waals surface area contributed by atoms with Crippen LogP contribution in [0.25, 0.3) is 27.7 Å². The Bertz CT molecular complexity index is 1190. The van der Waals surface area contributed by atoms with Crippen molar-refractivity contribution in [1.29, 1.82) is 0 Å². The molecule has 0 amide bonds. The number of aryl methyl sites for hydroxylation is 1. The first kappa shape index (κ1) is 15.1. The SMILES string of the molecule is Cc1c(-c2ccc3nc(N)c(C(=O)[C@H]4C[C@H]4F)n3c2)ccc2[nH]ccc12. The van der Waals surface area contributed by atoms with E-state index >= 15 is 0 Å². The van der Waals surface area contributed by atoms with E-state index < -0.39 is 12.1 Å². The molecule has 5 nitrogen and oxygen atoms in total. The monoisotopic (exact) mass is 348 g/mol. The van der Waals surface area contributed by atoms with Gasteiger partial charge < -0.3 is 10.7 Å². The number of hydrogen-bond donors (Lipinski definition) is 2. The number of carbonyl (C=O) groups is 1. The molecule has 5 rings (SSSR count). The Kier molecular flexibility index (Phi) is 3.01. The lowest BCUT2D eigenvalue weighted by Gasteiger charge is -2.09. The van der Waals surface area contributed by atoms with Crippen molar-refractivity contribution in [3.8, 4) is 11.1 Å². The van der Waals surface area contributed by atoms with Crippen molar-refractivity contribution in [2.75, 3.05) is 5.73 Å². The Morgan fingerprint density at radius 2 is 2.12 bits per heavy atom. The van der Waals surface area contributed by atoms with Gasteiger partial charge in [0.1, 0.15) is 17.5 Å². The summed E-state index contributed by atoms with van der Waals surface area (Å²) in [5, 5.41) is 1.15. The first-order valence-corrected chi connectivity index (χ1v) is 8.57. The summed E-state index contributed by atoms with van der Waals surface area (Å²) in [6, 6.07) is 9.93. The van der Waals surface area contributed by atoms with Crippen LogP contribution in [0, 0.1) is 12.8 Å². The van der Waals surface area contributed by atoms with E-state index in [2.05, 4.69) is 23.0 Å². The van der Waals surface area contributed by atoms with Gasteiger partial charge in [-0.2, -0.15) is 0 Å². The average Bonchev–Trinajstić information content (AvgIpc) is 3.04. The third kappa shape index (κ3) is 2.08. The van der Waals surface area contributed by atoms with Crippen LogP contribution in [0.2, 0.25) is 0 Å². The van der Waals surface area contributed by atoms with Gasteiger partial charge in [-0.1, -0.05) is 6.07 Å². The van der Waals surface area contributed by atoms with Gasteiger partial charge in [0.15, 0.2) is 11.6 Å². The molecule has 0 spiro atoms. The molecule has 1 aliphatic carbocycles. The lowest BCUT2D eigenvalue weighted by Crippen LogP contribution is -2.10. The molecular formula is C20H17FN4O. The van der Waals surface area contributed by atoms with E-state index in [0.717, 1.165) is 27.6 Å². The van der Waals surface area contributed by atoms with Gasteiger partial charge in [-0.15, -0.1) is 0 Å². The highest BCUT2D eigenvalue weighted by Crippen LogP contribution is 2.38. The number of fused-ring (bicyclic) bond motifs is 2. The van der Waals surface area contributed by atoms with Gasteiger partial charge in [0.2, 0.25) is 0 Å². The van der Waals surface area contributed by atoms with Crippen molar-refractivity contribution >= 4 is 28.2 Å². The summed E-state index contributed by atoms with van der Waals surface area (Å²) in [7, 11) is 0. The number of imidazole rings is 1. The molecule has 6 heteroatoms. The summed E-state index contributed by atoms with van der Waals surface area (Å²) < 4.78 is 15.1. The molecule has 0 saturated heterocycles. The zero-order chi connectivity index (χ0) is 18.0. The molecule has 130 valence electrons. The highest BCUT2D eigenvalue weighted by Gasteiger charge is 2.45. The number of pyridine rings is 1. The van der Waals surface area contributed by atoms with Gasteiger partial charge in [0.25, 0.3) is 0 Å². The lowest BCUT2D eigenvalue weighted by atomic mass is 9.99. The molecular weight excluding hydrogens is 331 g/mol. The van der Waals surface area contributed by atoms with Crippen molar-refractivity contribution in [2.45, 2.75) is 19.5 Å². The molecule has 0 bridgehead atoms. The molecule has 3 N–H and O–H groups in total. The first-order valence-electron chi connectivity index (χ1n) is 8.57. The van der Waals surface area contributed by atoms with E-state index in [9.17, 15) is 9.18 Å². The fourth-order valence-electron chi connectivity index (χ4n) is 3.67. The second-order valence-electron chi connectivity index (χ2n) is 6.89. The molecule has 3 heterocycles. The number of hydrogen-bond acceptors (Lipinski definition) is 3. The Balaban J connectivity index is 1.69. The van der Waals surface area contributed by atoms with Crippen LogP contribution < -0.4 is 5.73 Å². The molecule has 1 aliphatic rings. The molecule has 0 unspecified atom stereocenters. The number of nitrogens with zero attached hydrogens (tertiary/aromatic N) is 2. The summed E-state index contributed by atoms with van der Waals surface area (Å²) in [4.78, 5) is 20.1. The number of aromatic nitrogens is 3. The topological polar surface area (TPSA) is 76.2 Å². The molecule has 2 atom stereocenters. The van der Waals surface area contributed by atoms with Crippen molar-refractivity contribution in [1.82, 2.24) is 14.4 Å². The minimum Gasteiger partial charge on any atom is -0.382 e. The minimum absolute atomic E-state index is 0.157. The summed E-state index contributed by atoms with van der Waals surface area (Å²) in [5.74, 6) is -0.694. The maximum absolute atomic E-state index is 13.4. The number of rotatable bonds is 3. The number of aromatic amines is 1. The van der Waals surface area contributed by atoms with Crippen LogP contribution in [0.3, 0.4) is 0 Å². The highest BCUT2D eigenvalue weighted by molar-refractivity contribution is 6.03. The van der Waals surface area contributed by atoms with Crippen molar-refractivity contribution in [2.24, 2.45) is 5.92 Å². The zero-order valence-corrected chi connectivity index (χ0v) is 14.2. The first-order chi connectivity index (χ1) is 12.5. The number of carbonyl (C=O) groups excluding carboxylic acids is 1. The quantitative estimate of drug-likeness (QED) is 0.551. The van der Waals surface area contributed by atoms with Crippen LogP contribution in [0.4, 0.5) is 10.2 Å². The van der Waals surface area contributed by atoms with E-state index in [1.165, 1.54) is 0 Å². The van der Waals surface area contributed by atoms with Crippen molar-refractivity contribution in [3.05, 3.63) is 54.0 Å². The average molecular weight is 348 g/mol. The van der Waals surface area contributed by atoms with Crippen LogP contribution in [0.5, 0.6) is 0 Å². The van der Waals surface area contributed by atoms with Crippen molar-refractivity contribution in [3.63, 3.8) is 0 Å². The Morgan fingerprint density at radius 3 is 2.88 bits per heavy atom. The molecule has 0 aliphatic heterocycles. The second kappa shape index (κ2) is 5.17. The van der Waals surface area contributed by atoms with Crippen LogP contribution in [-0.4, -0.2) is 26.3 Å². The lowest BCUT2D eigenvalue weighted by molar-refractivity contribution is 0.0952. The smallest absolute Gasteiger partial charge is 0.189 e. The van der Waals surface area contributed by atoms with E-state index in [4.69, 9.17) is 5.73 Å². The number of nitrogens with two attached hydrogens (primary N) is 1. The molecule has 3 aromatic heterocycles. The van der Waals surface area contributed by atoms with Gasteiger partial charge in [-0.25, -0.2) is 9.37 Å². The van der Waals surface area contributed by atoms with Crippen molar-refractivity contribution < 1.29 is 9.18 Å².